The zero-order chi connectivity index (χ0) is 14.4. The van der Waals surface area contributed by atoms with Gasteiger partial charge in [-0.25, -0.2) is 0 Å². The third-order valence-corrected chi connectivity index (χ3v) is 4.81. The van der Waals surface area contributed by atoms with Gasteiger partial charge in [0.25, 0.3) is 0 Å². The molecule has 0 spiro atoms. The van der Waals surface area contributed by atoms with Gasteiger partial charge in [0.2, 0.25) is 0 Å². The van der Waals surface area contributed by atoms with Gasteiger partial charge in [-0.2, -0.15) is 0 Å². The van der Waals surface area contributed by atoms with Crippen molar-refractivity contribution in [3.63, 3.8) is 0 Å². The van der Waals surface area contributed by atoms with Gasteiger partial charge in [0.05, 0.1) is 6.54 Å². The normalized spacial score (nSPS) is 18.0. The number of halogens is 1. The van der Waals surface area contributed by atoms with Crippen molar-refractivity contribution in [1.29, 1.82) is 0 Å². The number of likely N-dealkylation sites (N-methyl/N-ethyl adjacent to an activating group) is 1. The van der Waals surface area contributed by atoms with Crippen LogP contribution in [0.3, 0.4) is 0 Å². The van der Waals surface area contributed by atoms with E-state index in [0.29, 0.717) is 0 Å². The molecule has 0 saturated heterocycles. The molecule has 116 valence electrons. The Hall–Kier alpha value is -1.49. The molecule has 1 aromatic carbocycles. The predicted molar refractivity (Wildman–Crippen MR) is 92.2 cm³/mol. The van der Waals surface area contributed by atoms with Crippen LogP contribution in [0.15, 0.2) is 40.1 Å². The number of ether oxygens (including phenoxy) is 1. The quantitative estimate of drug-likeness (QED) is 0.673. The van der Waals surface area contributed by atoms with Crippen LogP contribution in [0.1, 0.15) is 23.2 Å². The average Bonchev–Trinajstić information content (AvgIpc) is 3.04. The Kier molecular flexibility index (Phi) is 4.17. The first-order valence-corrected chi connectivity index (χ1v) is 7.99. The van der Waals surface area contributed by atoms with Crippen molar-refractivity contribution in [3.05, 3.63) is 52.8 Å². The summed E-state index contributed by atoms with van der Waals surface area (Å²) in [5, 5.41) is 3.30. The van der Waals surface area contributed by atoms with Crippen molar-refractivity contribution in [2.45, 2.75) is 19.6 Å². The molecule has 1 unspecified atom stereocenters. The second-order valence-electron chi connectivity index (χ2n) is 5.63. The lowest BCUT2D eigenvalue weighted by atomic mass is 10.0. The van der Waals surface area contributed by atoms with Crippen molar-refractivity contribution in [3.8, 4) is 5.75 Å². The summed E-state index contributed by atoms with van der Waals surface area (Å²) in [6.07, 6.45) is 0.0294. The molecule has 0 aliphatic carbocycles. The van der Waals surface area contributed by atoms with E-state index >= 15 is 0 Å². The van der Waals surface area contributed by atoms with Crippen molar-refractivity contribution >= 4 is 33.8 Å². The molecular weight excluding hydrogens is 318 g/mol. The van der Waals surface area contributed by atoms with Crippen LogP contribution in [-0.2, 0) is 6.54 Å². The zero-order valence-electron chi connectivity index (χ0n) is 12.5. The fourth-order valence-corrected chi connectivity index (χ4v) is 3.80. The van der Waals surface area contributed by atoms with E-state index in [0.717, 1.165) is 30.4 Å². The highest BCUT2D eigenvalue weighted by Crippen LogP contribution is 2.36. The average molecular weight is 336 g/mol. The lowest BCUT2D eigenvalue weighted by molar-refractivity contribution is 0.121. The molecule has 0 radical (unpaired) electrons. The van der Waals surface area contributed by atoms with Gasteiger partial charge in [0.15, 0.2) is 0 Å². The van der Waals surface area contributed by atoms with E-state index in [4.69, 9.17) is 9.15 Å². The van der Waals surface area contributed by atoms with Crippen LogP contribution in [0.25, 0.3) is 10.1 Å². The van der Waals surface area contributed by atoms with Crippen molar-refractivity contribution in [2.24, 2.45) is 0 Å². The van der Waals surface area contributed by atoms with E-state index < -0.39 is 0 Å². The minimum atomic E-state index is 0. The first kappa shape index (κ1) is 15.4. The molecule has 2 aromatic heterocycles. The number of furan rings is 1. The molecule has 3 nitrogen and oxygen atoms in total. The van der Waals surface area contributed by atoms with E-state index in [9.17, 15) is 0 Å². The molecule has 22 heavy (non-hydrogen) atoms. The number of aryl methyl sites for hydroxylation is 1. The number of nitrogens with zero attached hydrogens (tertiary/aromatic N) is 1. The van der Waals surface area contributed by atoms with Gasteiger partial charge in [-0.1, -0.05) is 6.07 Å². The van der Waals surface area contributed by atoms with Crippen molar-refractivity contribution < 1.29 is 9.15 Å². The number of rotatable bonds is 2. The van der Waals surface area contributed by atoms with Crippen molar-refractivity contribution in [1.82, 2.24) is 4.90 Å². The summed E-state index contributed by atoms with van der Waals surface area (Å²) in [5.41, 5.74) is 1.19. The van der Waals surface area contributed by atoms with Crippen LogP contribution < -0.4 is 4.74 Å². The molecule has 0 N–H and O–H groups in total. The number of fused-ring (bicyclic) bond motifs is 2. The van der Waals surface area contributed by atoms with E-state index in [-0.39, 0.29) is 18.5 Å². The Bertz CT molecular complexity index is 795. The summed E-state index contributed by atoms with van der Waals surface area (Å²) in [6, 6.07) is 10.5. The van der Waals surface area contributed by atoms with Crippen LogP contribution in [-0.4, -0.2) is 18.5 Å². The van der Waals surface area contributed by atoms with Gasteiger partial charge in [-0.05, 0) is 43.6 Å². The predicted octanol–water partition coefficient (Wildman–Crippen LogP) is 4.79. The molecule has 0 fully saturated rings. The second kappa shape index (κ2) is 5.95. The smallest absolute Gasteiger partial charge is 0.140 e. The second-order valence-corrected chi connectivity index (χ2v) is 6.58. The third kappa shape index (κ3) is 2.62. The molecule has 0 saturated carbocycles. The Balaban J connectivity index is 0.00000144. The Morgan fingerprint density at radius 2 is 2.18 bits per heavy atom. The highest BCUT2D eigenvalue weighted by molar-refractivity contribution is 7.17. The molecule has 0 amide bonds. The Labute approximate surface area is 139 Å². The SMILES string of the molecule is Cc1cc2c(o1)CN(C)CC2Oc1cccc2sccc12.Cl. The van der Waals surface area contributed by atoms with Gasteiger partial charge in [-0.3, -0.25) is 4.90 Å². The fourth-order valence-electron chi connectivity index (χ4n) is 2.99. The number of thiophene rings is 1. The van der Waals surface area contributed by atoms with Crippen molar-refractivity contribution in [2.75, 3.05) is 13.6 Å². The maximum absolute atomic E-state index is 6.34. The topological polar surface area (TPSA) is 25.6 Å². The minimum absolute atomic E-state index is 0. The van der Waals surface area contributed by atoms with Gasteiger partial charge in [-0.15, -0.1) is 23.7 Å². The van der Waals surface area contributed by atoms with Gasteiger partial charge < -0.3 is 9.15 Å². The van der Waals surface area contributed by atoms with Crippen LogP contribution >= 0.6 is 23.7 Å². The summed E-state index contributed by atoms with van der Waals surface area (Å²) in [4.78, 5) is 2.24. The molecule has 0 bridgehead atoms. The first-order valence-electron chi connectivity index (χ1n) is 7.11. The lowest BCUT2D eigenvalue weighted by Crippen LogP contribution is -2.32. The van der Waals surface area contributed by atoms with Crippen LogP contribution in [0, 0.1) is 6.92 Å². The highest BCUT2D eigenvalue weighted by Gasteiger charge is 2.28. The number of hydrogen-bond acceptors (Lipinski definition) is 4. The standard InChI is InChI=1S/C17H17NO2S.ClH/c1-11-8-13-15(19-11)9-18(2)10-16(13)20-14-4-3-5-17-12(14)6-7-21-17;/h3-8,16H,9-10H2,1-2H3;1H. The summed E-state index contributed by atoms with van der Waals surface area (Å²) in [6.45, 7) is 3.73. The van der Waals surface area contributed by atoms with Crippen LogP contribution in [0.4, 0.5) is 0 Å². The first-order chi connectivity index (χ1) is 10.2. The van der Waals surface area contributed by atoms with Gasteiger partial charge in [0.1, 0.15) is 23.4 Å². The molecular formula is C17H18ClNO2S. The summed E-state index contributed by atoms with van der Waals surface area (Å²) < 4.78 is 13.4. The maximum Gasteiger partial charge on any atom is 0.140 e. The van der Waals surface area contributed by atoms with E-state index in [2.05, 4.69) is 47.7 Å². The lowest BCUT2D eigenvalue weighted by Gasteiger charge is -2.29. The zero-order valence-corrected chi connectivity index (χ0v) is 14.2. The fraction of sp³-hybridized carbons (Fsp3) is 0.294. The molecule has 1 aliphatic heterocycles. The maximum atomic E-state index is 6.34. The summed E-state index contributed by atoms with van der Waals surface area (Å²) >= 11 is 1.74. The third-order valence-electron chi connectivity index (χ3n) is 3.93. The molecule has 3 aromatic rings. The Morgan fingerprint density at radius 1 is 1.32 bits per heavy atom. The monoisotopic (exact) mass is 335 g/mol. The van der Waals surface area contributed by atoms with Crippen LogP contribution in [0.5, 0.6) is 5.75 Å². The van der Waals surface area contributed by atoms with E-state index in [1.165, 1.54) is 15.6 Å². The summed E-state index contributed by atoms with van der Waals surface area (Å²) in [5.74, 6) is 2.94. The molecule has 5 heteroatoms. The van der Waals surface area contributed by atoms with E-state index in [1.54, 1.807) is 11.3 Å². The number of hydrogen-bond donors (Lipinski definition) is 0. The molecule has 4 rings (SSSR count). The van der Waals surface area contributed by atoms with E-state index in [1.807, 2.05) is 6.92 Å². The minimum Gasteiger partial charge on any atom is -0.484 e. The van der Waals surface area contributed by atoms with Gasteiger partial charge in [0, 0.05) is 22.2 Å². The Morgan fingerprint density at radius 3 is 3.05 bits per heavy atom. The molecule has 3 heterocycles. The molecule has 1 aliphatic rings. The van der Waals surface area contributed by atoms with Gasteiger partial charge >= 0.3 is 0 Å². The molecule has 1 atom stereocenters. The number of benzene rings is 1. The van der Waals surface area contributed by atoms with Crippen LogP contribution in [0.2, 0.25) is 0 Å². The largest absolute Gasteiger partial charge is 0.484 e. The summed E-state index contributed by atoms with van der Waals surface area (Å²) in [7, 11) is 2.10. The highest BCUT2D eigenvalue weighted by atomic mass is 35.5.